The van der Waals surface area contributed by atoms with Crippen LogP contribution >= 0.6 is 0 Å². The van der Waals surface area contributed by atoms with Gasteiger partial charge in [-0.05, 0) is 0 Å². The molecule has 0 heterocycles. The molecule has 36 valence electrons. The van der Waals surface area contributed by atoms with Gasteiger partial charge in [-0.15, -0.1) is 0 Å². The molecule has 0 fully saturated rings. The summed E-state index contributed by atoms with van der Waals surface area (Å²) in [5.74, 6) is 0. The van der Waals surface area contributed by atoms with Crippen LogP contribution in [0.4, 0.5) is 0 Å². The van der Waals surface area contributed by atoms with E-state index in [1.807, 2.05) is 0 Å². The summed E-state index contributed by atoms with van der Waals surface area (Å²) >= 11 is 0.250. The van der Waals surface area contributed by atoms with Crippen molar-refractivity contribution in [3.8, 4) is 0 Å². The second-order valence-electron chi connectivity index (χ2n) is 0. The fraction of sp³-hybridized carbons (Fsp3) is 0. The van der Waals surface area contributed by atoms with E-state index in [2.05, 4.69) is 0 Å². The molecule has 7 heteroatoms. The number of rotatable bonds is 0. The predicted octanol–water partition coefficient (Wildman–Crippen LogP) is -1.24. The number of hydrogen-bond acceptors (Lipinski definition) is 2. The average Bonchev–Trinajstić information content (AvgIpc) is 1.50. The molecular weight excluding hydrogens is 619 g/mol. The van der Waals surface area contributed by atoms with Crippen LogP contribution in [0.1, 0.15) is 0 Å². The van der Waals surface area contributed by atoms with Crippen LogP contribution in [0.2, 0.25) is 0 Å². The van der Waals surface area contributed by atoms with Crippen molar-refractivity contribution < 1.29 is 52.0 Å². The summed E-state index contributed by atoms with van der Waals surface area (Å²) < 4.78 is 16.8. The van der Waals surface area contributed by atoms with Crippen LogP contribution in [-0.4, -0.2) is 50.5 Å². The molecular formula is BiLaO4Pb. The summed E-state index contributed by atoms with van der Waals surface area (Å²) in [6.45, 7) is 0. The van der Waals surface area contributed by atoms with Crippen molar-refractivity contribution in [2.45, 2.75) is 0 Å². The molecule has 0 unspecified atom stereocenters. The first-order valence-corrected chi connectivity index (χ1v) is 3.39. The van der Waals surface area contributed by atoms with Crippen LogP contribution in [-0.2, 0) is 16.5 Å². The molecule has 0 saturated carbocycles. The molecule has 0 aromatic rings. The first-order valence-electron chi connectivity index (χ1n) is 0.387. The summed E-state index contributed by atoms with van der Waals surface area (Å²) in [5, 5.41) is 0. The van der Waals surface area contributed by atoms with Gasteiger partial charge in [0.25, 0.3) is 0 Å². The summed E-state index contributed by atoms with van der Waals surface area (Å²) in [7, 11) is 0. The van der Waals surface area contributed by atoms with E-state index in [0.29, 0.717) is 0 Å². The Morgan fingerprint density at radius 3 is 1.00 bits per heavy atom. The predicted molar refractivity (Wildman–Crippen MR) is 14.3 cm³/mol. The Morgan fingerprint density at radius 1 is 1.00 bits per heavy atom. The maximum atomic E-state index is 8.39. The molecule has 0 atom stereocenters. The van der Waals surface area contributed by atoms with Crippen molar-refractivity contribution >= 4 is 50.5 Å². The second kappa shape index (κ2) is 75.9. The molecule has 4 radical (unpaired) electrons. The summed E-state index contributed by atoms with van der Waals surface area (Å²) in [4.78, 5) is 0. The van der Waals surface area contributed by atoms with Crippen LogP contribution in [0.5, 0.6) is 0 Å². The molecule has 7 heavy (non-hydrogen) atoms. The Hall–Kier alpha value is 2.52. The van der Waals surface area contributed by atoms with E-state index in [-0.39, 0.29) is 97.1 Å². The third-order valence-corrected chi connectivity index (χ3v) is 0. The zero-order chi connectivity index (χ0) is 4.00. The molecule has 0 bridgehead atoms. The van der Waals surface area contributed by atoms with E-state index in [1.165, 1.54) is 0 Å². The van der Waals surface area contributed by atoms with E-state index < -0.39 is 0 Å². The van der Waals surface area contributed by atoms with E-state index >= 15 is 0 Å². The molecule has 0 spiro atoms. The van der Waals surface area contributed by atoms with Gasteiger partial charge < -0.3 is 11.0 Å². The maximum absolute atomic E-state index is 8.39. The van der Waals surface area contributed by atoms with Crippen molar-refractivity contribution in [3.05, 3.63) is 0 Å². The Bertz CT molecular complexity index is 13.7. The molecule has 4 nitrogen and oxygen atoms in total. The van der Waals surface area contributed by atoms with Crippen LogP contribution in [0, 0.1) is 35.6 Å². The van der Waals surface area contributed by atoms with Gasteiger partial charge in [-0.2, -0.15) is 0 Å². The zero-order valence-electron chi connectivity index (χ0n) is 3.16. The van der Waals surface area contributed by atoms with E-state index in [1.54, 1.807) is 0 Å². The van der Waals surface area contributed by atoms with Gasteiger partial charge in [-0.3, -0.25) is 0 Å². The van der Waals surface area contributed by atoms with Crippen molar-refractivity contribution in [2.75, 3.05) is 0 Å². The molecule has 0 amide bonds. The van der Waals surface area contributed by atoms with E-state index in [0.717, 1.165) is 0 Å². The van der Waals surface area contributed by atoms with Gasteiger partial charge in [0.15, 0.2) is 0 Å². The Morgan fingerprint density at radius 2 is 1.00 bits per heavy atom. The van der Waals surface area contributed by atoms with Gasteiger partial charge in [0.05, 0.1) is 0 Å². The van der Waals surface area contributed by atoms with Gasteiger partial charge >= 0.3 is 91.6 Å². The molecule has 0 aliphatic heterocycles. The first-order chi connectivity index (χ1) is 2.00. The standard InChI is InChI=1S/Bi.La.4O.Pb/q+1;+3;;;2*-2;. The zero-order valence-corrected chi connectivity index (χ0v) is 14.1. The van der Waals surface area contributed by atoms with Crippen LogP contribution in [0.25, 0.3) is 0 Å². The van der Waals surface area contributed by atoms with E-state index in [4.69, 9.17) is 5.50 Å². The van der Waals surface area contributed by atoms with Gasteiger partial charge in [-0.1, -0.05) is 0 Å². The summed E-state index contributed by atoms with van der Waals surface area (Å²) in [5.41, 5.74) is 0. The van der Waals surface area contributed by atoms with Crippen LogP contribution in [0.3, 0.4) is 0 Å². The van der Waals surface area contributed by atoms with Crippen molar-refractivity contribution in [3.63, 3.8) is 0 Å². The molecule has 0 aromatic carbocycles. The van der Waals surface area contributed by atoms with Gasteiger partial charge in [0, 0.05) is 0 Å². The summed E-state index contributed by atoms with van der Waals surface area (Å²) in [6, 6.07) is 0. The monoisotopic (exact) mass is 620 g/mol. The minimum atomic E-state index is 0. The Balaban J connectivity index is -0.00000000267. The van der Waals surface area contributed by atoms with Gasteiger partial charge in [0.2, 0.25) is 0 Å². The van der Waals surface area contributed by atoms with Gasteiger partial charge in [0.1, 0.15) is 0 Å². The minimum absolute atomic E-state index is 0. The fourth-order valence-corrected chi connectivity index (χ4v) is 0. The first kappa shape index (κ1) is 33.8. The molecule has 0 rings (SSSR count). The molecule has 0 saturated heterocycles. The normalized spacial score (nSPS) is 1.14. The quantitative estimate of drug-likeness (QED) is 0.318. The van der Waals surface area contributed by atoms with Crippen LogP contribution in [0.15, 0.2) is 0 Å². The molecule has 0 aliphatic carbocycles. The molecule has 0 aromatic heterocycles. The third-order valence-electron chi connectivity index (χ3n) is 0. The van der Waals surface area contributed by atoms with Crippen LogP contribution < -0.4 is 0 Å². The Labute approximate surface area is 100 Å². The SMILES string of the molecule is [La+3].[O-2].[O-2].[O]=[Bi+].[O]=[Pb]. The average molecular weight is 619 g/mol. The van der Waals surface area contributed by atoms with Crippen molar-refractivity contribution in [1.29, 1.82) is 0 Å². The topological polar surface area (TPSA) is 91.1 Å². The Kier molecular flexibility index (Phi) is 367. The van der Waals surface area contributed by atoms with Crippen molar-refractivity contribution in [1.82, 2.24) is 0 Å². The second-order valence-corrected chi connectivity index (χ2v) is 0. The third kappa shape index (κ3) is 57.0. The molecule has 0 aliphatic rings. The summed E-state index contributed by atoms with van der Waals surface area (Å²) in [6.07, 6.45) is 0. The van der Waals surface area contributed by atoms with Crippen molar-refractivity contribution in [2.24, 2.45) is 0 Å². The van der Waals surface area contributed by atoms with Gasteiger partial charge in [-0.25, -0.2) is 0 Å². The van der Waals surface area contributed by atoms with E-state index in [9.17, 15) is 0 Å². The molecule has 0 N–H and O–H groups in total. The fourth-order valence-electron chi connectivity index (χ4n) is 0. The number of hydrogen-bond donors (Lipinski definition) is 0.